The first-order chi connectivity index (χ1) is 7.17. The first-order valence-electron chi connectivity index (χ1n) is 7.17. The first kappa shape index (κ1) is 12.5. The number of rotatable bonds is 3. The van der Waals surface area contributed by atoms with E-state index in [1.54, 1.807) is 0 Å². The average Bonchev–Trinajstić information content (AvgIpc) is 2.49. The molecule has 2 aliphatic carbocycles. The second-order valence-electron chi connectivity index (χ2n) is 8.01. The Labute approximate surface area is 102 Å². The van der Waals surface area contributed by atoms with E-state index in [0.717, 1.165) is 17.8 Å². The van der Waals surface area contributed by atoms with Gasteiger partial charge in [0.2, 0.25) is 0 Å². The van der Waals surface area contributed by atoms with E-state index in [1.807, 2.05) is 0 Å². The van der Waals surface area contributed by atoms with Gasteiger partial charge in [0.1, 0.15) is 0 Å². The Morgan fingerprint density at radius 3 is 1.94 bits per heavy atom. The molecule has 0 saturated heterocycles. The van der Waals surface area contributed by atoms with Crippen molar-refractivity contribution in [1.82, 2.24) is 0 Å². The Morgan fingerprint density at radius 1 is 1.06 bits per heavy atom. The van der Waals surface area contributed by atoms with Crippen molar-refractivity contribution in [2.75, 3.05) is 0 Å². The summed E-state index contributed by atoms with van der Waals surface area (Å²) in [6, 6.07) is 0. The van der Waals surface area contributed by atoms with Gasteiger partial charge < -0.3 is 0 Å². The Morgan fingerprint density at radius 2 is 1.56 bits per heavy atom. The van der Waals surface area contributed by atoms with Crippen molar-refractivity contribution in [3.05, 3.63) is 0 Å². The van der Waals surface area contributed by atoms with E-state index in [0.29, 0.717) is 16.2 Å². The van der Waals surface area contributed by atoms with E-state index < -0.39 is 0 Å². The fourth-order valence-electron chi connectivity index (χ4n) is 5.50. The highest BCUT2D eigenvalue weighted by Crippen LogP contribution is 2.81. The highest BCUT2D eigenvalue weighted by atomic mass is 14.8. The SMILES string of the molecule is CC(C)CC1(C)C(C)C1(C)C1(C)CC(C)C1. The smallest absolute Gasteiger partial charge is 0.0184 e. The zero-order valence-electron chi connectivity index (χ0n) is 12.4. The third kappa shape index (κ3) is 1.28. The third-order valence-electron chi connectivity index (χ3n) is 6.61. The van der Waals surface area contributed by atoms with Crippen LogP contribution in [0.2, 0.25) is 0 Å². The van der Waals surface area contributed by atoms with Crippen LogP contribution in [0.15, 0.2) is 0 Å². The molecular weight excluding hydrogens is 192 g/mol. The topological polar surface area (TPSA) is 0 Å². The van der Waals surface area contributed by atoms with Gasteiger partial charge in [-0.1, -0.05) is 48.5 Å². The molecule has 0 radical (unpaired) electrons. The maximum absolute atomic E-state index is 2.58. The van der Waals surface area contributed by atoms with Gasteiger partial charge in [-0.25, -0.2) is 0 Å². The van der Waals surface area contributed by atoms with Gasteiger partial charge in [0.05, 0.1) is 0 Å². The summed E-state index contributed by atoms with van der Waals surface area (Å²) in [4.78, 5) is 0. The van der Waals surface area contributed by atoms with E-state index in [-0.39, 0.29) is 0 Å². The lowest BCUT2D eigenvalue weighted by molar-refractivity contribution is -0.0159. The van der Waals surface area contributed by atoms with Crippen molar-refractivity contribution in [3.8, 4) is 0 Å². The van der Waals surface area contributed by atoms with Crippen molar-refractivity contribution < 1.29 is 0 Å². The number of hydrogen-bond donors (Lipinski definition) is 0. The molecule has 2 fully saturated rings. The van der Waals surface area contributed by atoms with Crippen LogP contribution in [0.25, 0.3) is 0 Å². The lowest BCUT2D eigenvalue weighted by atomic mass is 9.54. The minimum absolute atomic E-state index is 0.607. The minimum atomic E-state index is 0.607. The molecule has 0 aromatic heterocycles. The molecule has 0 nitrogen and oxygen atoms in total. The second kappa shape index (κ2) is 3.27. The van der Waals surface area contributed by atoms with Crippen molar-refractivity contribution in [2.24, 2.45) is 34.0 Å². The van der Waals surface area contributed by atoms with Crippen molar-refractivity contribution in [1.29, 1.82) is 0 Å². The Balaban J connectivity index is 2.16. The van der Waals surface area contributed by atoms with Gasteiger partial charge in [-0.3, -0.25) is 0 Å². The number of hydrogen-bond acceptors (Lipinski definition) is 0. The average molecular weight is 222 g/mol. The summed E-state index contributed by atoms with van der Waals surface area (Å²) >= 11 is 0. The molecular formula is C16H30. The minimum Gasteiger partial charge on any atom is -0.0628 e. The van der Waals surface area contributed by atoms with Gasteiger partial charge in [0.15, 0.2) is 0 Å². The lowest BCUT2D eigenvalue weighted by Crippen LogP contribution is -2.42. The third-order valence-corrected chi connectivity index (χ3v) is 6.61. The van der Waals surface area contributed by atoms with Crippen molar-refractivity contribution >= 4 is 0 Å². The van der Waals surface area contributed by atoms with E-state index in [9.17, 15) is 0 Å². The molecule has 2 rings (SSSR count). The standard InChI is InChI=1S/C16H30/c1-11(2)8-15(6)13(4)16(15,7)14(5)9-12(3)10-14/h11-13H,8-10H2,1-7H3. The molecule has 0 N–H and O–H groups in total. The zero-order valence-corrected chi connectivity index (χ0v) is 12.4. The van der Waals surface area contributed by atoms with Gasteiger partial charge in [-0.15, -0.1) is 0 Å². The van der Waals surface area contributed by atoms with Crippen LogP contribution in [-0.4, -0.2) is 0 Å². The quantitative estimate of drug-likeness (QED) is 0.621. The molecule has 0 spiro atoms. The van der Waals surface area contributed by atoms with E-state index in [1.165, 1.54) is 19.3 Å². The summed E-state index contributed by atoms with van der Waals surface area (Å²) < 4.78 is 0. The van der Waals surface area contributed by atoms with E-state index in [4.69, 9.17) is 0 Å². The van der Waals surface area contributed by atoms with Gasteiger partial charge in [0, 0.05) is 0 Å². The van der Waals surface area contributed by atoms with Crippen molar-refractivity contribution in [2.45, 2.75) is 67.7 Å². The second-order valence-corrected chi connectivity index (χ2v) is 8.01. The van der Waals surface area contributed by atoms with Crippen LogP contribution in [-0.2, 0) is 0 Å². The van der Waals surface area contributed by atoms with Gasteiger partial charge in [-0.05, 0) is 53.3 Å². The predicted molar refractivity (Wildman–Crippen MR) is 71.3 cm³/mol. The molecule has 94 valence electrons. The fourth-order valence-corrected chi connectivity index (χ4v) is 5.50. The summed E-state index contributed by atoms with van der Waals surface area (Å²) in [6.07, 6.45) is 4.33. The maximum Gasteiger partial charge on any atom is -0.0184 e. The highest BCUT2D eigenvalue weighted by Gasteiger charge is 2.75. The van der Waals surface area contributed by atoms with Crippen LogP contribution in [0.1, 0.15) is 67.7 Å². The Kier molecular flexibility index (Phi) is 2.54. The fraction of sp³-hybridized carbons (Fsp3) is 1.00. The van der Waals surface area contributed by atoms with Crippen LogP contribution < -0.4 is 0 Å². The molecule has 2 saturated carbocycles. The molecule has 0 amide bonds. The molecule has 3 atom stereocenters. The van der Waals surface area contributed by atoms with Gasteiger partial charge >= 0.3 is 0 Å². The molecule has 3 unspecified atom stereocenters. The van der Waals surface area contributed by atoms with Crippen LogP contribution in [0.4, 0.5) is 0 Å². The zero-order chi connectivity index (χ0) is 12.4. The molecule has 0 aliphatic heterocycles. The summed E-state index contributed by atoms with van der Waals surface area (Å²) in [5, 5.41) is 0. The molecule has 0 heterocycles. The monoisotopic (exact) mass is 222 g/mol. The van der Waals surface area contributed by atoms with E-state index in [2.05, 4.69) is 48.5 Å². The first-order valence-corrected chi connectivity index (χ1v) is 7.17. The predicted octanol–water partition coefficient (Wildman–Crippen LogP) is 5.13. The maximum atomic E-state index is 2.58. The molecule has 0 bridgehead atoms. The van der Waals surface area contributed by atoms with Crippen LogP contribution in [0.5, 0.6) is 0 Å². The molecule has 0 heteroatoms. The van der Waals surface area contributed by atoms with Crippen LogP contribution >= 0.6 is 0 Å². The Bertz CT molecular complexity index is 284. The molecule has 0 aromatic carbocycles. The molecule has 16 heavy (non-hydrogen) atoms. The molecule has 2 aliphatic rings. The highest BCUT2D eigenvalue weighted by molar-refractivity contribution is 5.23. The normalized spacial score (nSPS) is 56.2. The van der Waals surface area contributed by atoms with Crippen molar-refractivity contribution in [3.63, 3.8) is 0 Å². The largest absolute Gasteiger partial charge is 0.0628 e. The van der Waals surface area contributed by atoms with E-state index >= 15 is 0 Å². The summed E-state index contributed by atoms with van der Waals surface area (Å²) in [5.41, 5.74) is 1.85. The van der Waals surface area contributed by atoms with Gasteiger partial charge in [-0.2, -0.15) is 0 Å². The lowest BCUT2D eigenvalue weighted by Gasteiger charge is -2.51. The van der Waals surface area contributed by atoms with Crippen LogP contribution in [0, 0.1) is 34.0 Å². The molecule has 0 aromatic rings. The summed E-state index contributed by atoms with van der Waals surface area (Å²) in [7, 11) is 0. The Hall–Kier alpha value is 0. The summed E-state index contributed by atoms with van der Waals surface area (Å²) in [6.45, 7) is 17.3. The van der Waals surface area contributed by atoms with Gasteiger partial charge in [0.25, 0.3) is 0 Å². The van der Waals surface area contributed by atoms with Crippen LogP contribution in [0.3, 0.4) is 0 Å². The summed E-state index contributed by atoms with van der Waals surface area (Å²) in [5.74, 6) is 2.73.